The zero-order valence-corrected chi connectivity index (χ0v) is 28.9. The Hall–Kier alpha value is -3.37. The van der Waals surface area contributed by atoms with E-state index in [1.807, 2.05) is 39.0 Å². The SMILES string of the molecule is C#Cc1cc(C[C@@H](OC(O)N2CCC(N3Cc4ccccc4NC3=O)CC2)C(=O)N2CCN(C3CN4CCCC3CC4)CC2)cc(Cl)c1N. The van der Waals surface area contributed by atoms with E-state index in [1.165, 1.54) is 32.4 Å². The second-order valence-electron chi connectivity index (χ2n) is 14.2. The molecule has 4 N–H and O–H groups in total. The number of para-hydroxylation sites is 1. The van der Waals surface area contributed by atoms with Gasteiger partial charge in [0.15, 0.2) is 0 Å². The van der Waals surface area contributed by atoms with Crippen LogP contribution in [-0.2, 0) is 22.5 Å². The third kappa shape index (κ3) is 7.41. The van der Waals surface area contributed by atoms with Crippen molar-refractivity contribution in [2.75, 3.05) is 70.0 Å². The molecule has 2 bridgehead atoms. The van der Waals surface area contributed by atoms with Crippen LogP contribution in [0.4, 0.5) is 16.2 Å². The summed E-state index contributed by atoms with van der Waals surface area (Å²) in [4.78, 5) is 37.9. The number of piperazine rings is 1. The Morgan fingerprint density at radius 3 is 2.61 bits per heavy atom. The number of hydrogen-bond donors (Lipinski definition) is 3. The molecule has 0 saturated carbocycles. The highest BCUT2D eigenvalue weighted by atomic mass is 35.5. The zero-order valence-electron chi connectivity index (χ0n) is 28.1. The summed E-state index contributed by atoms with van der Waals surface area (Å²) in [5.41, 5.74) is 9.53. The lowest BCUT2D eigenvalue weighted by atomic mass is 9.88. The number of urea groups is 1. The zero-order chi connectivity index (χ0) is 34.1. The lowest BCUT2D eigenvalue weighted by Crippen LogP contribution is -2.59. The van der Waals surface area contributed by atoms with Crippen LogP contribution in [0.25, 0.3) is 0 Å². The molecule has 6 aliphatic heterocycles. The fraction of sp³-hybridized carbons (Fsp3) is 0.568. The first-order valence-electron chi connectivity index (χ1n) is 17.8. The number of ether oxygens (including phenoxy) is 1. The van der Waals surface area contributed by atoms with Gasteiger partial charge in [-0.3, -0.25) is 14.6 Å². The molecule has 0 radical (unpaired) electrons. The van der Waals surface area contributed by atoms with E-state index in [1.54, 1.807) is 12.1 Å². The number of carbonyl (C=O) groups excluding carboxylic acids is 2. The van der Waals surface area contributed by atoms with Gasteiger partial charge in [0.05, 0.1) is 10.7 Å². The van der Waals surface area contributed by atoms with Gasteiger partial charge < -0.3 is 35.6 Å². The molecule has 49 heavy (non-hydrogen) atoms. The molecular formula is C37H48ClN7O4. The topological polar surface area (TPSA) is 118 Å². The van der Waals surface area contributed by atoms with Gasteiger partial charge in [-0.25, -0.2) is 4.79 Å². The summed E-state index contributed by atoms with van der Waals surface area (Å²) in [5, 5.41) is 14.7. The van der Waals surface area contributed by atoms with Gasteiger partial charge in [0.2, 0.25) is 6.41 Å². The molecule has 5 saturated heterocycles. The van der Waals surface area contributed by atoms with Crippen molar-refractivity contribution in [1.82, 2.24) is 24.5 Å². The van der Waals surface area contributed by atoms with Gasteiger partial charge >= 0.3 is 6.03 Å². The van der Waals surface area contributed by atoms with E-state index in [2.05, 4.69) is 21.0 Å². The first-order valence-corrected chi connectivity index (χ1v) is 18.2. The van der Waals surface area contributed by atoms with Gasteiger partial charge in [0, 0.05) is 82.1 Å². The molecule has 4 unspecified atom stereocenters. The molecule has 0 aliphatic carbocycles. The third-order valence-corrected chi connectivity index (χ3v) is 11.7. The van der Waals surface area contributed by atoms with Crippen LogP contribution >= 0.6 is 11.6 Å². The first-order chi connectivity index (χ1) is 23.8. The molecule has 2 aromatic rings. The second-order valence-corrected chi connectivity index (χ2v) is 14.6. The number of nitrogen functional groups attached to an aromatic ring is 1. The van der Waals surface area contributed by atoms with E-state index in [-0.39, 0.29) is 24.4 Å². The maximum absolute atomic E-state index is 14.2. The molecule has 2 aromatic carbocycles. The minimum atomic E-state index is -1.29. The van der Waals surface area contributed by atoms with Crippen molar-refractivity contribution in [2.24, 2.45) is 5.92 Å². The predicted molar refractivity (Wildman–Crippen MR) is 190 cm³/mol. The number of carbonyl (C=O) groups is 2. The molecule has 11 nitrogen and oxygen atoms in total. The molecule has 5 fully saturated rings. The van der Waals surface area contributed by atoms with Crippen LogP contribution in [-0.4, -0.2) is 125 Å². The van der Waals surface area contributed by atoms with Crippen LogP contribution in [0.5, 0.6) is 0 Å². The smallest absolute Gasteiger partial charge is 0.322 e. The van der Waals surface area contributed by atoms with E-state index in [9.17, 15) is 14.7 Å². The molecular weight excluding hydrogens is 642 g/mol. The standard InChI is InChI=1S/C37H48ClN7O4/c1-2-26-20-25(21-30(38)34(26)39)22-33(35(46)43-18-16-42(17-19-43)32-24-41-12-5-7-27(32)9-13-41)49-37(48)44-14-10-29(11-15-44)45-23-28-6-3-4-8-31(28)40-36(45)47/h1,3-4,6,8,20-21,27,29,32-33,37,48H,5,7,9-19,22-24,39H2,(H,40,47)/t27?,32?,33-,37?/m1/s1. The summed E-state index contributed by atoms with van der Waals surface area (Å²) in [5.74, 6) is 3.16. The van der Waals surface area contributed by atoms with Crippen molar-refractivity contribution < 1.29 is 19.4 Å². The predicted octanol–water partition coefficient (Wildman–Crippen LogP) is 3.25. The van der Waals surface area contributed by atoms with Gasteiger partial charge in [0.25, 0.3) is 5.91 Å². The van der Waals surface area contributed by atoms with E-state index in [4.69, 9.17) is 28.5 Å². The van der Waals surface area contributed by atoms with Crippen molar-refractivity contribution in [1.29, 1.82) is 0 Å². The molecule has 12 heteroatoms. The fourth-order valence-corrected chi connectivity index (χ4v) is 8.78. The van der Waals surface area contributed by atoms with E-state index < -0.39 is 12.5 Å². The van der Waals surface area contributed by atoms with Crippen molar-refractivity contribution in [2.45, 2.75) is 69.7 Å². The Labute approximate surface area is 294 Å². The van der Waals surface area contributed by atoms with Crippen molar-refractivity contribution in [3.05, 3.63) is 58.1 Å². The van der Waals surface area contributed by atoms with Crippen molar-refractivity contribution >= 4 is 34.9 Å². The van der Waals surface area contributed by atoms with Crippen LogP contribution in [0, 0.1) is 18.3 Å². The number of terminal acetylenes is 1. The summed E-state index contributed by atoms with van der Waals surface area (Å²) in [6.07, 6.45) is 8.82. The molecule has 6 aliphatic rings. The number of fused-ring (bicyclic) bond motifs is 5. The number of nitrogens with one attached hydrogen (secondary N) is 1. The summed E-state index contributed by atoms with van der Waals surface area (Å²) >= 11 is 6.43. The van der Waals surface area contributed by atoms with E-state index in [0.29, 0.717) is 67.9 Å². The highest BCUT2D eigenvalue weighted by Crippen LogP contribution is 2.32. The number of likely N-dealkylation sites (tertiary alicyclic amines) is 1. The first kappa shape index (κ1) is 34.1. The Morgan fingerprint density at radius 2 is 1.84 bits per heavy atom. The molecule has 8 rings (SSSR count). The van der Waals surface area contributed by atoms with Gasteiger partial charge in [0.1, 0.15) is 6.10 Å². The number of nitrogens with zero attached hydrogens (tertiary/aromatic N) is 5. The highest BCUT2D eigenvalue weighted by Gasteiger charge is 2.39. The van der Waals surface area contributed by atoms with Crippen LogP contribution in [0.1, 0.15) is 48.8 Å². The minimum Gasteiger partial charge on any atom is -0.397 e. The Morgan fingerprint density at radius 1 is 1.06 bits per heavy atom. The number of aliphatic hydroxyl groups is 1. The van der Waals surface area contributed by atoms with Gasteiger partial charge in [-0.15, -0.1) is 6.42 Å². The summed E-state index contributed by atoms with van der Waals surface area (Å²) in [6.45, 7) is 8.00. The number of piperidine rings is 2. The number of anilines is 2. The number of nitrogens with two attached hydrogens (primary N) is 1. The number of halogens is 1. The number of rotatable bonds is 8. The fourth-order valence-electron chi connectivity index (χ4n) is 8.54. The lowest BCUT2D eigenvalue weighted by molar-refractivity contribution is -0.225. The number of hydrogen-bond acceptors (Lipinski definition) is 8. The van der Waals surface area contributed by atoms with E-state index >= 15 is 0 Å². The Kier molecular flexibility index (Phi) is 10.3. The molecule has 6 heterocycles. The lowest BCUT2D eigenvalue weighted by Gasteiger charge is -2.46. The van der Waals surface area contributed by atoms with Gasteiger partial charge in [-0.1, -0.05) is 35.7 Å². The maximum Gasteiger partial charge on any atom is 0.322 e. The summed E-state index contributed by atoms with van der Waals surface area (Å²) in [7, 11) is 0. The average molecular weight is 690 g/mol. The number of benzene rings is 2. The van der Waals surface area contributed by atoms with Crippen molar-refractivity contribution in [3.63, 3.8) is 0 Å². The Balaban J connectivity index is 1.00. The third-order valence-electron chi connectivity index (χ3n) is 11.4. The minimum absolute atomic E-state index is 0.0325. The summed E-state index contributed by atoms with van der Waals surface area (Å²) < 4.78 is 6.25. The van der Waals surface area contributed by atoms with Gasteiger partial charge in [-0.2, -0.15) is 0 Å². The maximum atomic E-state index is 14.2. The van der Waals surface area contributed by atoms with Crippen molar-refractivity contribution in [3.8, 4) is 12.3 Å². The molecule has 262 valence electrons. The molecule has 3 amide bonds. The molecule has 5 atom stereocenters. The second kappa shape index (κ2) is 14.9. The van der Waals surface area contributed by atoms with Crippen LogP contribution in [0.3, 0.4) is 0 Å². The molecule has 0 aromatic heterocycles. The van der Waals surface area contributed by atoms with E-state index in [0.717, 1.165) is 42.4 Å². The Bertz CT molecular complexity index is 1560. The highest BCUT2D eigenvalue weighted by molar-refractivity contribution is 6.33. The van der Waals surface area contributed by atoms with Crippen LogP contribution in [0.2, 0.25) is 5.02 Å². The number of aliphatic hydroxyl groups excluding tert-OH is 1. The number of amides is 3. The quantitative estimate of drug-likeness (QED) is 0.220. The normalized spacial score (nSPS) is 26.4. The average Bonchev–Trinajstić information content (AvgIpc) is 3.49. The summed E-state index contributed by atoms with van der Waals surface area (Å²) in [6, 6.07) is 11.8. The van der Waals surface area contributed by atoms with Crippen LogP contribution < -0.4 is 11.1 Å². The largest absolute Gasteiger partial charge is 0.397 e. The van der Waals surface area contributed by atoms with Crippen LogP contribution in [0.15, 0.2) is 36.4 Å². The monoisotopic (exact) mass is 689 g/mol. The van der Waals surface area contributed by atoms with Gasteiger partial charge in [-0.05, 0) is 80.4 Å². The molecule has 0 spiro atoms.